The maximum atomic E-state index is 5.92. The third-order valence-electron chi connectivity index (χ3n) is 3.27. The lowest BCUT2D eigenvalue weighted by Crippen LogP contribution is -2.44. The van der Waals surface area contributed by atoms with Gasteiger partial charge >= 0.3 is 6.16 Å². The number of unbranched alkanes of at least 4 members (excludes halogenated alkanes) is 5. The molecule has 128 valence electrons. The van der Waals surface area contributed by atoms with Crippen LogP contribution >= 0.6 is 0 Å². The molecule has 0 aromatic heterocycles. The summed E-state index contributed by atoms with van der Waals surface area (Å²) in [7, 11) is 0. The van der Waals surface area contributed by atoms with Gasteiger partial charge in [-0.3, -0.25) is 0 Å². The highest BCUT2D eigenvalue weighted by Crippen LogP contribution is 2.22. The number of ether oxygens (including phenoxy) is 4. The van der Waals surface area contributed by atoms with Crippen LogP contribution in [0.25, 0.3) is 0 Å². The molecular formula is C17H36O4. The maximum Gasteiger partial charge on any atom is 0.412 e. The molecule has 0 fully saturated rings. The number of rotatable bonds is 15. The summed E-state index contributed by atoms with van der Waals surface area (Å²) >= 11 is 0. The molecule has 0 aliphatic carbocycles. The molecular weight excluding hydrogens is 268 g/mol. The third-order valence-corrected chi connectivity index (χ3v) is 3.27. The molecule has 0 rings (SSSR count). The summed E-state index contributed by atoms with van der Waals surface area (Å²) in [5.74, 6) is 0. The van der Waals surface area contributed by atoms with Crippen molar-refractivity contribution in [3.63, 3.8) is 0 Å². The zero-order chi connectivity index (χ0) is 16.0. The molecule has 0 aromatic carbocycles. The quantitative estimate of drug-likeness (QED) is 0.320. The van der Waals surface area contributed by atoms with Crippen molar-refractivity contribution in [1.29, 1.82) is 0 Å². The SMILES string of the molecule is CCCCCCCCC(C)OC(OCC)(OCC)OCC. The van der Waals surface area contributed by atoms with Crippen LogP contribution in [0.1, 0.15) is 79.6 Å². The van der Waals surface area contributed by atoms with Gasteiger partial charge in [-0.2, -0.15) is 0 Å². The molecule has 0 bridgehead atoms. The summed E-state index contributed by atoms with van der Waals surface area (Å²) in [4.78, 5) is 0. The Labute approximate surface area is 131 Å². The van der Waals surface area contributed by atoms with Crippen molar-refractivity contribution in [3.8, 4) is 0 Å². The van der Waals surface area contributed by atoms with Gasteiger partial charge in [0.2, 0.25) is 0 Å². The van der Waals surface area contributed by atoms with Gasteiger partial charge in [0.1, 0.15) is 0 Å². The number of hydrogen-bond acceptors (Lipinski definition) is 4. The second-order valence-electron chi connectivity index (χ2n) is 5.28. The monoisotopic (exact) mass is 304 g/mol. The van der Waals surface area contributed by atoms with Crippen molar-refractivity contribution < 1.29 is 18.9 Å². The third kappa shape index (κ3) is 10.2. The van der Waals surface area contributed by atoms with E-state index in [1.165, 1.54) is 38.5 Å². The molecule has 0 aliphatic heterocycles. The van der Waals surface area contributed by atoms with Crippen LogP contribution in [0, 0.1) is 0 Å². The summed E-state index contributed by atoms with van der Waals surface area (Å²) in [5, 5.41) is 0. The van der Waals surface area contributed by atoms with E-state index in [-0.39, 0.29) is 6.10 Å². The minimum Gasteiger partial charge on any atom is -0.304 e. The van der Waals surface area contributed by atoms with Crippen LogP contribution < -0.4 is 0 Å². The van der Waals surface area contributed by atoms with E-state index in [9.17, 15) is 0 Å². The predicted octanol–water partition coefficient (Wildman–Crippen LogP) is 4.86. The predicted molar refractivity (Wildman–Crippen MR) is 86.1 cm³/mol. The van der Waals surface area contributed by atoms with Gasteiger partial charge < -0.3 is 18.9 Å². The Hall–Kier alpha value is -0.160. The van der Waals surface area contributed by atoms with Crippen molar-refractivity contribution in [2.24, 2.45) is 0 Å². The van der Waals surface area contributed by atoms with Gasteiger partial charge in [-0.15, -0.1) is 0 Å². The fourth-order valence-corrected chi connectivity index (χ4v) is 2.27. The van der Waals surface area contributed by atoms with E-state index in [4.69, 9.17) is 18.9 Å². The first-order chi connectivity index (χ1) is 10.1. The van der Waals surface area contributed by atoms with Gasteiger partial charge in [0, 0.05) is 0 Å². The minimum absolute atomic E-state index is 0.0563. The van der Waals surface area contributed by atoms with E-state index >= 15 is 0 Å². The molecule has 0 heterocycles. The zero-order valence-corrected chi connectivity index (χ0v) is 14.8. The van der Waals surface area contributed by atoms with Crippen LogP contribution in [0.15, 0.2) is 0 Å². The lowest BCUT2D eigenvalue weighted by Gasteiger charge is -2.33. The molecule has 1 unspecified atom stereocenters. The highest BCUT2D eigenvalue weighted by atomic mass is 17.0. The van der Waals surface area contributed by atoms with Crippen molar-refractivity contribution in [2.75, 3.05) is 19.8 Å². The lowest BCUT2D eigenvalue weighted by atomic mass is 10.1. The van der Waals surface area contributed by atoms with Crippen LogP contribution in [-0.4, -0.2) is 32.1 Å². The Morgan fingerprint density at radius 3 is 1.67 bits per heavy atom. The van der Waals surface area contributed by atoms with E-state index < -0.39 is 6.16 Å². The summed E-state index contributed by atoms with van der Waals surface area (Å²) in [5.41, 5.74) is 0. The van der Waals surface area contributed by atoms with Gasteiger partial charge in [0.15, 0.2) is 0 Å². The summed E-state index contributed by atoms with van der Waals surface area (Å²) in [6.45, 7) is 11.5. The van der Waals surface area contributed by atoms with Crippen molar-refractivity contribution >= 4 is 0 Å². The zero-order valence-electron chi connectivity index (χ0n) is 14.8. The second kappa shape index (κ2) is 13.5. The molecule has 0 saturated heterocycles. The standard InChI is InChI=1S/C17H36O4/c1-6-10-11-12-13-14-15-16(5)21-17(18-7-2,19-8-3)20-9-4/h16H,6-15H2,1-5H3. The fraction of sp³-hybridized carbons (Fsp3) is 1.00. The van der Waals surface area contributed by atoms with Gasteiger partial charge in [-0.25, -0.2) is 0 Å². The average molecular weight is 304 g/mol. The highest BCUT2D eigenvalue weighted by Gasteiger charge is 2.36. The topological polar surface area (TPSA) is 36.9 Å². The Bertz CT molecular complexity index is 204. The molecule has 4 heteroatoms. The molecule has 0 radical (unpaired) electrons. The highest BCUT2D eigenvalue weighted by molar-refractivity contribution is 4.55. The van der Waals surface area contributed by atoms with Crippen molar-refractivity contribution in [1.82, 2.24) is 0 Å². The Morgan fingerprint density at radius 2 is 1.19 bits per heavy atom. The molecule has 0 aromatic rings. The lowest BCUT2D eigenvalue weighted by molar-refractivity contribution is -0.505. The van der Waals surface area contributed by atoms with E-state index in [2.05, 4.69) is 13.8 Å². The maximum absolute atomic E-state index is 5.92. The van der Waals surface area contributed by atoms with Crippen LogP contribution in [0.2, 0.25) is 0 Å². The van der Waals surface area contributed by atoms with Gasteiger partial charge in [-0.05, 0) is 34.1 Å². The first-order valence-corrected chi connectivity index (χ1v) is 8.73. The first kappa shape index (κ1) is 20.8. The van der Waals surface area contributed by atoms with Gasteiger partial charge in [-0.1, -0.05) is 45.4 Å². The van der Waals surface area contributed by atoms with Crippen LogP contribution in [0.4, 0.5) is 0 Å². The van der Waals surface area contributed by atoms with Crippen LogP contribution in [0.3, 0.4) is 0 Å². The van der Waals surface area contributed by atoms with E-state index in [0.29, 0.717) is 19.8 Å². The molecule has 0 spiro atoms. The van der Waals surface area contributed by atoms with Gasteiger partial charge in [0.25, 0.3) is 0 Å². The summed E-state index contributed by atoms with van der Waals surface area (Å²) < 4.78 is 22.6. The molecule has 0 amide bonds. The largest absolute Gasteiger partial charge is 0.412 e. The summed E-state index contributed by atoms with van der Waals surface area (Å²) in [6.07, 6.45) is 7.44. The Kier molecular flexibility index (Phi) is 13.4. The van der Waals surface area contributed by atoms with Crippen LogP contribution in [0.5, 0.6) is 0 Å². The van der Waals surface area contributed by atoms with Crippen LogP contribution in [-0.2, 0) is 18.9 Å². The fourth-order valence-electron chi connectivity index (χ4n) is 2.27. The average Bonchev–Trinajstić information content (AvgIpc) is 2.43. The first-order valence-electron chi connectivity index (χ1n) is 8.73. The molecule has 0 N–H and O–H groups in total. The number of hydrogen-bond donors (Lipinski definition) is 0. The van der Waals surface area contributed by atoms with E-state index in [0.717, 1.165) is 6.42 Å². The Morgan fingerprint density at radius 1 is 0.714 bits per heavy atom. The second-order valence-corrected chi connectivity index (χ2v) is 5.28. The molecule has 0 saturated carbocycles. The molecule has 4 nitrogen and oxygen atoms in total. The molecule has 1 atom stereocenters. The molecule has 21 heavy (non-hydrogen) atoms. The van der Waals surface area contributed by atoms with Crippen molar-refractivity contribution in [2.45, 2.75) is 91.8 Å². The van der Waals surface area contributed by atoms with Crippen molar-refractivity contribution in [3.05, 3.63) is 0 Å². The van der Waals surface area contributed by atoms with Gasteiger partial charge in [0.05, 0.1) is 25.9 Å². The normalized spacial score (nSPS) is 13.6. The molecule has 0 aliphatic rings. The smallest absolute Gasteiger partial charge is 0.304 e. The van der Waals surface area contributed by atoms with E-state index in [1.54, 1.807) is 0 Å². The summed E-state index contributed by atoms with van der Waals surface area (Å²) in [6, 6.07) is 0. The Balaban J connectivity index is 4.10. The minimum atomic E-state index is -1.33. The van der Waals surface area contributed by atoms with E-state index in [1.807, 2.05) is 20.8 Å².